The van der Waals surface area contributed by atoms with E-state index in [9.17, 15) is 4.39 Å². The Hall–Kier alpha value is -1.81. The quantitative estimate of drug-likeness (QED) is 0.866. The zero-order valence-electron chi connectivity index (χ0n) is 10.6. The smallest absolute Gasteiger partial charge is 0.165 e. The molecule has 1 aromatic heterocycles. The van der Waals surface area contributed by atoms with Gasteiger partial charge in [-0.15, -0.1) is 0 Å². The molecule has 0 radical (unpaired) electrons. The number of nitrogens with one attached hydrogen (secondary N) is 1. The molecule has 0 unspecified atom stereocenters. The van der Waals surface area contributed by atoms with Crippen LogP contribution in [-0.4, -0.2) is 6.04 Å². The number of furan rings is 1. The molecule has 2 aromatic rings. The molecule has 4 heteroatoms. The van der Waals surface area contributed by atoms with Crippen LogP contribution in [0.2, 0.25) is 0 Å². The highest BCUT2D eigenvalue weighted by molar-refractivity contribution is 5.23. The van der Waals surface area contributed by atoms with Crippen LogP contribution in [0.1, 0.15) is 24.4 Å². The van der Waals surface area contributed by atoms with Crippen LogP contribution in [0.5, 0.6) is 5.75 Å². The van der Waals surface area contributed by atoms with Crippen LogP contribution in [0.4, 0.5) is 4.39 Å². The van der Waals surface area contributed by atoms with Crippen molar-refractivity contribution in [2.24, 2.45) is 0 Å². The third-order valence-corrected chi connectivity index (χ3v) is 3.07. The average Bonchev–Trinajstić information content (AvgIpc) is 3.14. The lowest BCUT2D eigenvalue weighted by atomic mass is 10.3. The minimum Gasteiger partial charge on any atom is -0.483 e. The maximum absolute atomic E-state index is 13.3. The second kappa shape index (κ2) is 5.45. The van der Waals surface area contributed by atoms with Crippen LogP contribution < -0.4 is 10.1 Å². The lowest BCUT2D eigenvalue weighted by Gasteiger charge is -2.04. The van der Waals surface area contributed by atoms with Crippen LogP contribution in [0, 0.1) is 5.82 Å². The largest absolute Gasteiger partial charge is 0.483 e. The number of benzene rings is 1. The molecule has 100 valence electrons. The lowest BCUT2D eigenvalue weighted by Crippen LogP contribution is -2.14. The van der Waals surface area contributed by atoms with Crippen molar-refractivity contribution in [1.82, 2.24) is 5.32 Å². The van der Waals surface area contributed by atoms with E-state index in [0.29, 0.717) is 11.8 Å². The molecule has 1 aromatic carbocycles. The first-order chi connectivity index (χ1) is 9.31. The summed E-state index contributed by atoms with van der Waals surface area (Å²) >= 11 is 0. The summed E-state index contributed by atoms with van der Waals surface area (Å²) in [6.07, 6.45) is 2.51. The molecule has 0 amide bonds. The Morgan fingerprint density at radius 1 is 1.16 bits per heavy atom. The molecule has 0 bridgehead atoms. The molecular formula is C15H16FNO2. The Kier molecular flexibility index (Phi) is 3.51. The molecule has 3 nitrogen and oxygen atoms in total. The van der Waals surface area contributed by atoms with E-state index in [1.54, 1.807) is 18.2 Å². The molecule has 1 heterocycles. The Morgan fingerprint density at radius 3 is 2.74 bits per heavy atom. The third kappa shape index (κ3) is 3.35. The van der Waals surface area contributed by atoms with E-state index < -0.39 is 0 Å². The maximum Gasteiger partial charge on any atom is 0.165 e. The van der Waals surface area contributed by atoms with Gasteiger partial charge in [-0.2, -0.15) is 0 Å². The van der Waals surface area contributed by atoms with Crippen LogP contribution in [0.25, 0.3) is 0 Å². The molecule has 0 aliphatic heterocycles. The molecule has 0 saturated heterocycles. The third-order valence-electron chi connectivity index (χ3n) is 3.07. The van der Waals surface area contributed by atoms with Crippen LogP contribution in [-0.2, 0) is 13.2 Å². The summed E-state index contributed by atoms with van der Waals surface area (Å²) in [6, 6.07) is 10.8. The standard InChI is InChI=1S/C15H16FNO2/c16-14-3-1-2-4-15(14)18-10-13-8-7-12(19-13)9-17-11-5-6-11/h1-4,7-8,11,17H,5-6,9-10H2. The van der Waals surface area contributed by atoms with Gasteiger partial charge in [-0.3, -0.25) is 0 Å². The van der Waals surface area contributed by atoms with Gasteiger partial charge in [0.2, 0.25) is 0 Å². The summed E-state index contributed by atoms with van der Waals surface area (Å²) in [7, 11) is 0. The van der Waals surface area contributed by atoms with Crippen LogP contribution in [0.3, 0.4) is 0 Å². The molecule has 1 N–H and O–H groups in total. The van der Waals surface area contributed by atoms with Crippen molar-refractivity contribution in [3.8, 4) is 5.75 Å². The number of halogens is 1. The summed E-state index contributed by atoms with van der Waals surface area (Å²) in [5.74, 6) is 1.48. The Morgan fingerprint density at radius 2 is 1.95 bits per heavy atom. The second-order valence-electron chi connectivity index (χ2n) is 4.74. The fourth-order valence-corrected chi connectivity index (χ4v) is 1.84. The first kappa shape index (κ1) is 12.2. The average molecular weight is 261 g/mol. The van der Waals surface area contributed by atoms with Gasteiger partial charge in [0.05, 0.1) is 6.54 Å². The highest BCUT2D eigenvalue weighted by atomic mass is 19.1. The van der Waals surface area contributed by atoms with Crippen molar-refractivity contribution in [2.45, 2.75) is 32.0 Å². The molecule has 19 heavy (non-hydrogen) atoms. The number of hydrogen-bond acceptors (Lipinski definition) is 3. The predicted octanol–water partition coefficient (Wildman–Crippen LogP) is 3.25. The number of rotatable bonds is 6. The Balaban J connectivity index is 1.53. The fourth-order valence-electron chi connectivity index (χ4n) is 1.84. The van der Waals surface area contributed by atoms with Crippen LogP contribution in [0.15, 0.2) is 40.8 Å². The maximum atomic E-state index is 13.3. The molecule has 1 fully saturated rings. The van der Waals surface area contributed by atoms with E-state index >= 15 is 0 Å². The molecule has 1 aliphatic rings. The van der Waals surface area contributed by atoms with Crippen LogP contribution >= 0.6 is 0 Å². The van der Waals surface area contributed by atoms with E-state index in [1.165, 1.54) is 18.9 Å². The minimum absolute atomic E-state index is 0.240. The van der Waals surface area contributed by atoms with Crippen molar-refractivity contribution in [3.05, 3.63) is 53.7 Å². The lowest BCUT2D eigenvalue weighted by molar-refractivity contribution is 0.254. The van der Waals surface area contributed by atoms with Crippen molar-refractivity contribution < 1.29 is 13.5 Å². The van der Waals surface area contributed by atoms with Crippen molar-refractivity contribution in [3.63, 3.8) is 0 Å². The highest BCUT2D eigenvalue weighted by Gasteiger charge is 2.20. The fraction of sp³-hybridized carbons (Fsp3) is 0.333. The summed E-state index contributed by atoms with van der Waals surface area (Å²) < 4.78 is 24.3. The number of para-hydroxylation sites is 1. The first-order valence-corrected chi connectivity index (χ1v) is 6.49. The van der Waals surface area contributed by atoms with E-state index in [1.807, 2.05) is 12.1 Å². The zero-order valence-corrected chi connectivity index (χ0v) is 10.6. The van der Waals surface area contributed by atoms with Gasteiger partial charge in [0.15, 0.2) is 11.6 Å². The zero-order chi connectivity index (χ0) is 13.1. The minimum atomic E-state index is -0.357. The molecule has 1 saturated carbocycles. The van der Waals surface area contributed by atoms with E-state index in [0.717, 1.165) is 12.3 Å². The van der Waals surface area contributed by atoms with E-state index in [4.69, 9.17) is 9.15 Å². The number of ether oxygens (including phenoxy) is 1. The van der Waals surface area contributed by atoms with E-state index in [-0.39, 0.29) is 18.2 Å². The normalized spacial score (nSPS) is 14.6. The highest BCUT2D eigenvalue weighted by Crippen LogP contribution is 2.20. The summed E-state index contributed by atoms with van der Waals surface area (Å²) in [5.41, 5.74) is 0. The SMILES string of the molecule is Fc1ccccc1OCc1ccc(CNC2CC2)o1. The van der Waals surface area contributed by atoms with Crippen molar-refractivity contribution in [2.75, 3.05) is 0 Å². The van der Waals surface area contributed by atoms with Gasteiger partial charge in [-0.05, 0) is 37.1 Å². The molecule has 1 aliphatic carbocycles. The van der Waals surface area contributed by atoms with Gasteiger partial charge in [-0.1, -0.05) is 12.1 Å². The monoisotopic (exact) mass is 261 g/mol. The van der Waals surface area contributed by atoms with Gasteiger partial charge in [0.25, 0.3) is 0 Å². The molecule has 0 spiro atoms. The Bertz CT molecular complexity index is 549. The van der Waals surface area contributed by atoms with Crippen molar-refractivity contribution in [1.29, 1.82) is 0 Å². The van der Waals surface area contributed by atoms with Gasteiger partial charge < -0.3 is 14.5 Å². The number of hydrogen-bond donors (Lipinski definition) is 1. The molecule has 0 atom stereocenters. The van der Waals surface area contributed by atoms with E-state index in [2.05, 4.69) is 5.32 Å². The summed E-state index contributed by atoms with van der Waals surface area (Å²) in [6.45, 7) is 0.981. The topological polar surface area (TPSA) is 34.4 Å². The second-order valence-corrected chi connectivity index (χ2v) is 4.74. The predicted molar refractivity (Wildman–Crippen MR) is 69.3 cm³/mol. The molecule has 3 rings (SSSR count). The van der Waals surface area contributed by atoms with Gasteiger partial charge >= 0.3 is 0 Å². The first-order valence-electron chi connectivity index (χ1n) is 6.49. The van der Waals surface area contributed by atoms with Gasteiger partial charge in [-0.25, -0.2) is 4.39 Å². The Labute approximate surface area is 111 Å². The molecular weight excluding hydrogens is 245 g/mol. The summed E-state index contributed by atoms with van der Waals surface area (Å²) in [5, 5.41) is 3.37. The summed E-state index contributed by atoms with van der Waals surface area (Å²) in [4.78, 5) is 0. The van der Waals surface area contributed by atoms with Gasteiger partial charge in [0.1, 0.15) is 18.1 Å². The van der Waals surface area contributed by atoms with Gasteiger partial charge in [0, 0.05) is 6.04 Å². The van der Waals surface area contributed by atoms with Crippen molar-refractivity contribution >= 4 is 0 Å².